The highest BCUT2D eigenvalue weighted by atomic mass is 16.6. The van der Waals surface area contributed by atoms with E-state index in [-0.39, 0.29) is 37.7 Å². The summed E-state index contributed by atoms with van der Waals surface area (Å²) in [5.74, 6) is -6.75. The number of hydrogen-bond acceptors (Lipinski definition) is 10. The molecule has 5 N–H and O–H groups in total. The highest BCUT2D eigenvalue weighted by Gasteiger charge is 2.56. The molecule has 0 bridgehead atoms. The number of alkyl carbamates (subject to hydrolysis) is 1. The minimum absolute atomic E-state index is 0.0584. The van der Waals surface area contributed by atoms with Gasteiger partial charge in [-0.15, -0.1) is 0 Å². The van der Waals surface area contributed by atoms with Gasteiger partial charge in [-0.2, -0.15) is 0 Å². The Labute approximate surface area is 337 Å². The Morgan fingerprint density at radius 1 is 0.789 bits per heavy atom. The maximum atomic E-state index is 14.8. The maximum absolute atomic E-state index is 14.8. The molecule has 1 aliphatic carbocycles. The van der Waals surface area contributed by atoms with Gasteiger partial charge in [0.2, 0.25) is 23.3 Å². The average Bonchev–Trinajstić information content (AvgIpc) is 3.70. The Bertz CT molecular complexity index is 1570. The van der Waals surface area contributed by atoms with Crippen LogP contribution in [0.4, 0.5) is 4.79 Å². The minimum Gasteiger partial charge on any atom is -0.467 e. The smallest absolute Gasteiger partial charge is 0.408 e. The van der Waals surface area contributed by atoms with Crippen LogP contribution in [0.15, 0.2) is 42.5 Å². The zero-order valence-corrected chi connectivity index (χ0v) is 35.5. The van der Waals surface area contributed by atoms with Crippen LogP contribution in [-0.4, -0.2) is 84.1 Å². The summed E-state index contributed by atoms with van der Waals surface area (Å²) in [5.41, 5.74) is -2.61. The van der Waals surface area contributed by atoms with E-state index in [4.69, 9.17) is 14.2 Å². The lowest BCUT2D eigenvalue weighted by Crippen LogP contribution is -2.71. The molecule has 7 atom stereocenters. The van der Waals surface area contributed by atoms with Crippen molar-refractivity contribution in [2.24, 2.45) is 23.7 Å². The first-order chi connectivity index (χ1) is 26.7. The van der Waals surface area contributed by atoms with Gasteiger partial charge in [-0.25, -0.2) is 14.4 Å². The lowest BCUT2D eigenvalue weighted by atomic mass is 9.81. The predicted molar refractivity (Wildman–Crippen MR) is 214 cm³/mol. The van der Waals surface area contributed by atoms with Crippen LogP contribution >= 0.6 is 0 Å². The molecule has 1 aromatic rings. The summed E-state index contributed by atoms with van der Waals surface area (Å²) >= 11 is 0. The quantitative estimate of drug-likeness (QED) is 0.0549. The van der Waals surface area contributed by atoms with Crippen molar-refractivity contribution in [1.29, 1.82) is 0 Å². The largest absolute Gasteiger partial charge is 0.467 e. The number of carbonyl (C=O) groups is 7. The third kappa shape index (κ3) is 14.2. The van der Waals surface area contributed by atoms with Crippen LogP contribution < -0.4 is 26.6 Å². The normalized spacial score (nSPS) is 17.5. The molecule has 0 spiro atoms. The predicted octanol–water partition coefficient (Wildman–Crippen LogP) is 4.23. The number of nitrogens with one attached hydrogen (secondary N) is 5. The molecule has 318 valence electrons. The third-order valence-electron chi connectivity index (χ3n) is 9.74. The SMILES string of the molecule is CC[C@H](NC(=O)C(NC(=O)[C@H](CC(C)C)NC(=O)[C@@H](NC(=O)OC(C)(C)C)C(C)C)(C(=O)OCc1ccccc1)C1C=CCC1)C(=O)N[C@H](C(=O)OC)[C@@H](C)CC. The van der Waals surface area contributed by atoms with E-state index >= 15 is 0 Å². The zero-order valence-electron chi connectivity index (χ0n) is 35.5. The Morgan fingerprint density at radius 3 is 1.95 bits per heavy atom. The Hall–Kier alpha value is -4.95. The molecule has 1 aliphatic rings. The third-order valence-corrected chi connectivity index (χ3v) is 9.74. The molecule has 15 nitrogen and oxygen atoms in total. The molecule has 0 saturated carbocycles. The summed E-state index contributed by atoms with van der Waals surface area (Å²) in [6.07, 6.45) is 4.06. The molecule has 0 fully saturated rings. The molecule has 0 radical (unpaired) electrons. The van der Waals surface area contributed by atoms with Gasteiger partial charge in [-0.05, 0) is 69.8 Å². The van der Waals surface area contributed by atoms with E-state index in [0.717, 1.165) is 0 Å². The van der Waals surface area contributed by atoms with Gasteiger partial charge in [0, 0.05) is 5.92 Å². The van der Waals surface area contributed by atoms with E-state index < -0.39 is 88.8 Å². The topological polar surface area (TPSA) is 207 Å². The lowest BCUT2D eigenvalue weighted by Gasteiger charge is -2.38. The molecule has 57 heavy (non-hydrogen) atoms. The molecule has 2 unspecified atom stereocenters. The first kappa shape index (κ1) is 48.2. The van der Waals surface area contributed by atoms with Gasteiger partial charge in [0.25, 0.3) is 5.91 Å². The number of allylic oxidation sites excluding steroid dienone is 1. The van der Waals surface area contributed by atoms with Crippen LogP contribution in [0.1, 0.15) is 107 Å². The summed E-state index contributed by atoms with van der Waals surface area (Å²) in [6.45, 7) is 17.2. The second-order valence-corrected chi connectivity index (χ2v) is 16.4. The van der Waals surface area contributed by atoms with E-state index in [0.29, 0.717) is 18.4 Å². The van der Waals surface area contributed by atoms with E-state index in [9.17, 15) is 33.6 Å². The van der Waals surface area contributed by atoms with E-state index in [1.807, 2.05) is 20.8 Å². The van der Waals surface area contributed by atoms with E-state index in [2.05, 4.69) is 26.6 Å². The number of amides is 5. The highest BCUT2D eigenvalue weighted by Crippen LogP contribution is 2.32. The number of esters is 2. The average molecular weight is 800 g/mol. The number of hydrogen-bond donors (Lipinski definition) is 5. The summed E-state index contributed by atoms with van der Waals surface area (Å²) in [4.78, 5) is 96.7. The lowest BCUT2D eigenvalue weighted by molar-refractivity contribution is -0.163. The van der Waals surface area contributed by atoms with Crippen molar-refractivity contribution in [3.63, 3.8) is 0 Å². The molecule has 1 aromatic carbocycles. The second kappa shape index (κ2) is 22.1. The molecule has 0 aromatic heterocycles. The molecule has 0 aliphatic heterocycles. The number of methoxy groups -OCH3 is 1. The number of ether oxygens (including phenoxy) is 3. The number of rotatable bonds is 20. The van der Waals surface area contributed by atoms with Crippen molar-refractivity contribution in [2.75, 3.05) is 7.11 Å². The fourth-order valence-electron chi connectivity index (χ4n) is 6.33. The molecular formula is C42H65N5O10. The second-order valence-electron chi connectivity index (χ2n) is 16.4. The van der Waals surface area contributed by atoms with Crippen LogP contribution in [0.5, 0.6) is 0 Å². The van der Waals surface area contributed by atoms with Crippen molar-refractivity contribution in [3.05, 3.63) is 48.0 Å². The molecule has 2 rings (SSSR count). The van der Waals surface area contributed by atoms with Crippen LogP contribution in [0, 0.1) is 23.7 Å². The number of benzene rings is 1. The first-order valence-electron chi connectivity index (χ1n) is 19.9. The van der Waals surface area contributed by atoms with Crippen LogP contribution in [0.3, 0.4) is 0 Å². The monoisotopic (exact) mass is 799 g/mol. The summed E-state index contributed by atoms with van der Waals surface area (Å²) < 4.78 is 16.1. The van der Waals surface area contributed by atoms with Crippen molar-refractivity contribution in [1.82, 2.24) is 26.6 Å². The van der Waals surface area contributed by atoms with Crippen LogP contribution in [0.25, 0.3) is 0 Å². The van der Waals surface area contributed by atoms with Gasteiger partial charge in [-0.3, -0.25) is 19.2 Å². The van der Waals surface area contributed by atoms with E-state index in [1.54, 1.807) is 91.0 Å². The molecular weight excluding hydrogens is 734 g/mol. The standard InChI is InChI=1S/C42H65N5O10/c1-12-27(7)33(37(51)55-11)45-34(48)30(13-2)44-38(52)42(29-21-17-18-22-29,39(53)56-24-28-19-15-14-16-20-28)47-35(49)31(23-25(3)4)43-36(50)32(26(5)6)46-40(54)57-41(8,9)10/h14-17,19-21,25-27,29-33H,12-13,18,22-24H2,1-11H3,(H,43,50)(H,44,52)(H,45,48)(H,46,54)(H,47,49)/t27-,29?,30-,31-,32-,33-,42?/m0/s1. The van der Waals surface area contributed by atoms with Crippen molar-refractivity contribution in [3.8, 4) is 0 Å². The molecule has 15 heteroatoms. The number of carbonyl (C=O) groups excluding carboxylic acids is 7. The summed E-state index contributed by atoms with van der Waals surface area (Å²) in [7, 11) is 1.21. The van der Waals surface area contributed by atoms with Crippen LogP contribution in [-0.2, 0) is 49.6 Å². The van der Waals surface area contributed by atoms with Crippen molar-refractivity contribution >= 4 is 41.7 Å². The minimum atomic E-state index is -2.41. The Kier molecular flexibility index (Phi) is 18.7. The van der Waals surface area contributed by atoms with Crippen molar-refractivity contribution in [2.45, 2.75) is 143 Å². The van der Waals surface area contributed by atoms with Crippen molar-refractivity contribution < 1.29 is 47.8 Å². The fourth-order valence-corrected chi connectivity index (χ4v) is 6.33. The fraction of sp³-hybridized carbons (Fsp3) is 0.643. The highest BCUT2D eigenvalue weighted by molar-refractivity contribution is 6.12. The Morgan fingerprint density at radius 2 is 1.44 bits per heavy atom. The Balaban J connectivity index is 2.62. The van der Waals surface area contributed by atoms with Gasteiger partial charge in [0.1, 0.15) is 36.4 Å². The van der Waals surface area contributed by atoms with Gasteiger partial charge in [0.15, 0.2) is 0 Å². The van der Waals surface area contributed by atoms with Gasteiger partial charge < -0.3 is 40.8 Å². The zero-order chi connectivity index (χ0) is 43.1. The van der Waals surface area contributed by atoms with E-state index in [1.165, 1.54) is 7.11 Å². The maximum Gasteiger partial charge on any atom is 0.408 e. The molecule has 0 saturated heterocycles. The molecule has 5 amide bonds. The van der Waals surface area contributed by atoms with Gasteiger partial charge in [-0.1, -0.05) is 97.4 Å². The van der Waals surface area contributed by atoms with Gasteiger partial charge >= 0.3 is 18.0 Å². The summed E-state index contributed by atoms with van der Waals surface area (Å²) in [5, 5.41) is 13.4. The summed E-state index contributed by atoms with van der Waals surface area (Å²) in [6, 6.07) is 4.17. The molecule has 0 heterocycles. The van der Waals surface area contributed by atoms with Crippen LogP contribution in [0.2, 0.25) is 0 Å². The van der Waals surface area contributed by atoms with Gasteiger partial charge in [0.05, 0.1) is 7.11 Å². The first-order valence-corrected chi connectivity index (χ1v) is 19.9.